The predicted molar refractivity (Wildman–Crippen MR) is 250 cm³/mol. The van der Waals surface area contributed by atoms with Crippen LogP contribution in [0.4, 0.5) is 0 Å². The van der Waals surface area contributed by atoms with Crippen LogP contribution in [0.5, 0.6) is 11.5 Å². The Morgan fingerprint density at radius 1 is 0.433 bits per heavy atom. The number of para-hydroxylation sites is 1. The van der Waals surface area contributed by atoms with Gasteiger partial charge in [0.15, 0.2) is 0 Å². The topological polar surface area (TPSA) is 132 Å². The summed E-state index contributed by atoms with van der Waals surface area (Å²) >= 11 is 0. The molecule has 4 N–H and O–H groups in total. The number of nitrogens with two attached hydrogens (primary N) is 2. The van der Waals surface area contributed by atoms with Crippen LogP contribution in [0, 0.1) is 0 Å². The first-order valence-corrected chi connectivity index (χ1v) is 24.8. The van der Waals surface area contributed by atoms with Crippen LogP contribution in [0.25, 0.3) is 0 Å². The fourth-order valence-corrected chi connectivity index (χ4v) is 6.55. The third-order valence-corrected chi connectivity index (χ3v) is 10.4. The lowest BCUT2D eigenvalue weighted by atomic mass is 10.1. The Kier molecular flexibility index (Phi) is 47.7. The van der Waals surface area contributed by atoms with Crippen molar-refractivity contribution >= 4 is 11.9 Å². The van der Waals surface area contributed by atoms with E-state index in [1.165, 1.54) is 192 Å². The van der Waals surface area contributed by atoms with E-state index in [4.69, 9.17) is 9.47 Å². The van der Waals surface area contributed by atoms with Gasteiger partial charge in [-0.2, -0.15) is 0 Å². The second-order valence-electron chi connectivity index (χ2n) is 16.2. The molecule has 0 fully saturated rings. The minimum Gasteiger partial charge on any atom is -0.545 e. The quantitative estimate of drug-likeness (QED) is 0.0657. The normalized spacial score (nSPS) is 10.4. The number of quaternary nitrogens is 2. The second-order valence-corrected chi connectivity index (χ2v) is 16.2. The zero-order valence-electron chi connectivity index (χ0n) is 39.9. The van der Waals surface area contributed by atoms with E-state index in [1.54, 1.807) is 30.3 Å². The van der Waals surface area contributed by atoms with Gasteiger partial charge < -0.3 is 39.9 Å². The molecule has 0 saturated heterocycles. The molecule has 2 aromatic rings. The van der Waals surface area contributed by atoms with Crippen molar-refractivity contribution in [3.8, 4) is 11.5 Å². The van der Waals surface area contributed by atoms with Gasteiger partial charge >= 0.3 is 0 Å². The van der Waals surface area contributed by atoms with Gasteiger partial charge in [-0.25, -0.2) is 0 Å². The molecular formula is C52H94N2O6. The minimum atomic E-state index is -1.19. The van der Waals surface area contributed by atoms with Crippen molar-refractivity contribution in [3.63, 3.8) is 0 Å². The maximum atomic E-state index is 10.8. The van der Waals surface area contributed by atoms with Crippen molar-refractivity contribution < 1.29 is 39.9 Å². The zero-order valence-corrected chi connectivity index (χ0v) is 39.9. The molecule has 0 radical (unpaired) electrons. The number of rotatable bonds is 36. The number of aromatic carboxylic acids is 2. The van der Waals surface area contributed by atoms with Crippen LogP contribution in [0.2, 0.25) is 0 Å². The van der Waals surface area contributed by atoms with Crippen molar-refractivity contribution in [1.29, 1.82) is 0 Å². The lowest BCUT2D eigenvalue weighted by Gasteiger charge is -2.11. The van der Waals surface area contributed by atoms with Gasteiger partial charge in [-0.05, 0) is 80.5 Å². The zero-order chi connectivity index (χ0) is 44.6. The van der Waals surface area contributed by atoms with Crippen molar-refractivity contribution in [1.82, 2.24) is 0 Å². The van der Waals surface area contributed by atoms with Crippen LogP contribution in [0.15, 0.2) is 48.5 Å². The van der Waals surface area contributed by atoms with E-state index in [0.29, 0.717) is 24.7 Å². The highest BCUT2D eigenvalue weighted by atomic mass is 16.5. The van der Waals surface area contributed by atoms with Gasteiger partial charge in [0.2, 0.25) is 0 Å². The van der Waals surface area contributed by atoms with E-state index in [-0.39, 0.29) is 11.1 Å². The van der Waals surface area contributed by atoms with Gasteiger partial charge in [0, 0.05) is 5.56 Å². The molecule has 0 spiro atoms. The predicted octanol–water partition coefficient (Wildman–Crippen LogP) is 10.2. The molecule has 0 aliphatic rings. The minimum absolute atomic E-state index is 0.123. The molecular weight excluding hydrogens is 749 g/mol. The first-order valence-electron chi connectivity index (χ1n) is 24.8. The summed E-state index contributed by atoms with van der Waals surface area (Å²) in [5.74, 6) is -1.24. The SMILES string of the molecule is CCCCCCCCCCCC[NH2+]C.CCCCCCCCCCCC[NH2+]C.CCCCCCOc1ccc(C(=O)[O-])cc1.CCCCCCOc1ccccc1C(=O)[O-]. The summed E-state index contributed by atoms with van der Waals surface area (Å²) in [6.45, 7) is 12.8. The molecule has 0 aromatic heterocycles. The Hall–Kier alpha value is -3.10. The monoisotopic (exact) mass is 843 g/mol. The summed E-state index contributed by atoms with van der Waals surface area (Å²) in [5, 5.41) is 25.8. The average Bonchev–Trinajstić information content (AvgIpc) is 3.26. The summed E-state index contributed by atoms with van der Waals surface area (Å²) < 4.78 is 10.9. The average molecular weight is 843 g/mol. The highest BCUT2D eigenvalue weighted by molar-refractivity contribution is 5.89. The number of carboxylic acid groups (broad SMARTS) is 2. The number of benzene rings is 2. The largest absolute Gasteiger partial charge is 0.545 e. The van der Waals surface area contributed by atoms with Crippen LogP contribution in [-0.2, 0) is 0 Å². The highest BCUT2D eigenvalue weighted by Gasteiger charge is 2.03. The molecule has 0 aliphatic heterocycles. The number of unbranched alkanes of at least 4 members (excludes halogenated alkanes) is 24. The Balaban J connectivity index is 0. The maximum Gasteiger partial charge on any atom is 0.128 e. The molecule has 60 heavy (non-hydrogen) atoms. The molecule has 0 atom stereocenters. The van der Waals surface area contributed by atoms with Crippen molar-refractivity contribution in [2.75, 3.05) is 40.4 Å². The van der Waals surface area contributed by atoms with Gasteiger partial charge in [0.05, 0.1) is 52.3 Å². The van der Waals surface area contributed by atoms with Crippen LogP contribution in [0.1, 0.15) is 228 Å². The van der Waals surface area contributed by atoms with E-state index in [2.05, 4.69) is 52.4 Å². The Bertz CT molecular complexity index is 1130. The van der Waals surface area contributed by atoms with E-state index >= 15 is 0 Å². The molecule has 0 aliphatic carbocycles. The molecule has 348 valence electrons. The number of carbonyl (C=O) groups is 2. The second kappa shape index (κ2) is 48.6. The number of hydrogen-bond donors (Lipinski definition) is 2. The van der Waals surface area contributed by atoms with Gasteiger partial charge in [0.1, 0.15) is 11.5 Å². The lowest BCUT2D eigenvalue weighted by molar-refractivity contribution is -0.627. The Morgan fingerprint density at radius 3 is 1.15 bits per heavy atom. The first kappa shape index (κ1) is 59.0. The molecule has 0 amide bonds. The molecule has 0 unspecified atom stereocenters. The summed E-state index contributed by atoms with van der Waals surface area (Å²) in [4.78, 5) is 21.3. The number of carbonyl (C=O) groups excluding carboxylic acids is 2. The van der Waals surface area contributed by atoms with E-state index in [1.807, 2.05) is 0 Å². The number of ether oxygens (including phenoxy) is 2. The van der Waals surface area contributed by atoms with Crippen LogP contribution in [-0.4, -0.2) is 52.3 Å². The summed E-state index contributed by atoms with van der Waals surface area (Å²) in [6, 6.07) is 12.9. The van der Waals surface area contributed by atoms with E-state index in [9.17, 15) is 19.8 Å². The lowest BCUT2D eigenvalue weighted by Crippen LogP contribution is -2.79. The third kappa shape index (κ3) is 41.6. The van der Waals surface area contributed by atoms with E-state index < -0.39 is 11.9 Å². The van der Waals surface area contributed by atoms with Gasteiger partial charge in [0.25, 0.3) is 0 Å². The van der Waals surface area contributed by atoms with Crippen molar-refractivity contribution in [2.24, 2.45) is 0 Å². The van der Waals surface area contributed by atoms with Crippen LogP contribution in [0.3, 0.4) is 0 Å². The van der Waals surface area contributed by atoms with Gasteiger partial charge in [-0.15, -0.1) is 0 Å². The third-order valence-electron chi connectivity index (χ3n) is 10.4. The molecule has 8 heteroatoms. The fourth-order valence-electron chi connectivity index (χ4n) is 6.55. The Labute approximate surface area is 369 Å². The first-order chi connectivity index (χ1) is 29.3. The smallest absolute Gasteiger partial charge is 0.128 e. The van der Waals surface area contributed by atoms with Gasteiger partial charge in [-0.1, -0.05) is 181 Å². The van der Waals surface area contributed by atoms with Crippen LogP contribution >= 0.6 is 0 Å². The number of carboxylic acids is 2. The van der Waals surface area contributed by atoms with Gasteiger partial charge in [-0.3, -0.25) is 0 Å². The van der Waals surface area contributed by atoms with Crippen LogP contribution < -0.4 is 30.3 Å². The standard InChI is InChI=1S/2C13H29N.2C13H18O3/c2*1-3-4-5-6-7-8-9-10-11-12-13-14-2;1-2-3-4-7-10-16-12-9-6-5-8-11(12)13(14)15;1-2-3-4-5-10-16-12-8-6-11(7-9-12)13(14)15/h2*14H,3-13H2,1-2H3;5-6,8-9H,2-4,7,10H2,1H3,(H,14,15);6-9H,2-5,10H2,1H3,(H,14,15). The fraction of sp³-hybridized carbons (Fsp3) is 0.731. The summed E-state index contributed by atoms with van der Waals surface area (Å²) in [5.41, 5.74) is 0.302. The number of hydrogen-bond acceptors (Lipinski definition) is 6. The summed E-state index contributed by atoms with van der Waals surface area (Å²) in [6.07, 6.45) is 38.0. The molecule has 0 saturated carbocycles. The molecule has 0 bridgehead atoms. The molecule has 2 aromatic carbocycles. The molecule has 8 nitrogen and oxygen atoms in total. The van der Waals surface area contributed by atoms with Crippen molar-refractivity contribution in [3.05, 3.63) is 59.7 Å². The highest BCUT2D eigenvalue weighted by Crippen LogP contribution is 2.18. The van der Waals surface area contributed by atoms with Crippen molar-refractivity contribution in [2.45, 2.75) is 207 Å². The maximum absolute atomic E-state index is 10.8. The Morgan fingerprint density at radius 2 is 0.783 bits per heavy atom. The molecule has 0 heterocycles. The molecule has 2 rings (SSSR count). The van der Waals surface area contributed by atoms with E-state index in [0.717, 1.165) is 19.3 Å². The summed E-state index contributed by atoms with van der Waals surface area (Å²) in [7, 11) is 4.32.